The van der Waals surface area contributed by atoms with Crippen LogP contribution in [0.15, 0.2) is 0 Å². The van der Waals surface area contributed by atoms with Crippen LogP contribution in [0.1, 0.15) is 114 Å². The third kappa shape index (κ3) is 12.4. The van der Waals surface area contributed by atoms with E-state index in [1.54, 1.807) is 0 Å². The van der Waals surface area contributed by atoms with Crippen LogP contribution in [0.3, 0.4) is 0 Å². The Morgan fingerprint density at radius 1 is 0.625 bits per heavy atom. The van der Waals surface area contributed by atoms with Crippen LogP contribution in [0.25, 0.3) is 0 Å². The van der Waals surface area contributed by atoms with Crippen LogP contribution < -0.4 is 0 Å². The fourth-order valence-corrected chi connectivity index (χ4v) is 7.17. The number of aliphatic hydroxyl groups is 3. The van der Waals surface area contributed by atoms with Crippen molar-refractivity contribution in [3.8, 4) is 0 Å². The topological polar surface area (TPSA) is 135 Å². The Hall–Kier alpha value is -0.440. The van der Waals surface area contributed by atoms with E-state index in [1.165, 1.54) is 6.42 Å². The number of hydrogen-bond acceptors (Lipinski definition) is 11. The van der Waals surface area contributed by atoms with Gasteiger partial charge in [0.1, 0.15) is 30.5 Å². The lowest BCUT2D eigenvalue weighted by Crippen LogP contribution is -2.64. The molecule has 0 aromatic rings. The van der Waals surface area contributed by atoms with Gasteiger partial charge in [0.2, 0.25) is 0 Å². The van der Waals surface area contributed by atoms with Gasteiger partial charge in [0.05, 0.1) is 49.8 Å². The lowest BCUT2D eigenvalue weighted by Gasteiger charge is -2.50. The Morgan fingerprint density at radius 3 is 1.67 bits per heavy atom. The van der Waals surface area contributed by atoms with Gasteiger partial charge in [-0.3, -0.25) is 0 Å². The lowest BCUT2D eigenvalue weighted by molar-refractivity contribution is -0.315. The molecule has 11 heteroatoms. The van der Waals surface area contributed by atoms with E-state index in [0.717, 1.165) is 45.3 Å². The average Bonchev–Trinajstić information content (AvgIpc) is 3.04. The molecule has 284 valence electrons. The Balaban J connectivity index is 0.000000260. The number of ether oxygens (including phenoxy) is 8. The van der Waals surface area contributed by atoms with Crippen molar-refractivity contribution in [2.75, 3.05) is 26.4 Å². The SMILES string of the molecule is CCCCOC[C@H](C)[C@@H]1O[C@H]2CC[C@@H](OC(C)C)O[C@@H]2[C@H](C)[C@@H]1C.CCCCOC[C@H](O)[C@@H]1O[C@H]2CC[C@@H](OC(C)C)O[C@@H]2[C@H](O)[C@@H]1O. The first-order valence-electron chi connectivity index (χ1n) is 19.0. The molecule has 4 fully saturated rings. The molecule has 11 nitrogen and oxygen atoms in total. The van der Waals surface area contributed by atoms with E-state index >= 15 is 0 Å². The number of hydrogen-bond donors (Lipinski definition) is 3. The van der Waals surface area contributed by atoms with Crippen LogP contribution >= 0.6 is 0 Å². The highest BCUT2D eigenvalue weighted by Gasteiger charge is 2.50. The summed E-state index contributed by atoms with van der Waals surface area (Å²) in [5, 5.41) is 30.9. The maximum absolute atomic E-state index is 10.4. The first-order chi connectivity index (χ1) is 22.9. The van der Waals surface area contributed by atoms with Crippen molar-refractivity contribution < 1.29 is 53.2 Å². The molecule has 0 radical (unpaired) electrons. The molecular weight excluding hydrogens is 620 g/mol. The van der Waals surface area contributed by atoms with Crippen molar-refractivity contribution >= 4 is 0 Å². The van der Waals surface area contributed by atoms with Gasteiger partial charge in [-0.25, -0.2) is 0 Å². The summed E-state index contributed by atoms with van der Waals surface area (Å²) in [6.45, 7) is 21.4. The molecule has 48 heavy (non-hydrogen) atoms. The molecule has 3 N–H and O–H groups in total. The van der Waals surface area contributed by atoms with Crippen LogP contribution in [0.4, 0.5) is 0 Å². The molecular formula is C37H70O11. The van der Waals surface area contributed by atoms with Gasteiger partial charge in [-0.1, -0.05) is 47.5 Å². The maximum atomic E-state index is 10.4. The van der Waals surface area contributed by atoms with E-state index in [-0.39, 0.29) is 49.5 Å². The standard InChI is InChI=1S/C20H38O4.C17H32O7/c1-7-8-11-21-12-14(4)19-15(5)16(6)20-17(23-19)9-10-18(24-20)22-13(2)3;1-4-5-8-21-9-11(18)16-14(19)15(20)17-12(23-16)6-7-13(24-17)22-10(2)3/h13-20H,7-12H2,1-6H3;10-20H,4-9H2,1-3H3/t14-,15-,16+,17-,18-,19-,20+;11-,12-,13-,14-,15+,16-,17-/m00/s1. The summed E-state index contributed by atoms with van der Waals surface area (Å²) in [5.74, 6) is 1.36. The van der Waals surface area contributed by atoms with Gasteiger partial charge in [0.25, 0.3) is 0 Å². The van der Waals surface area contributed by atoms with Gasteiger partial charge in [0.15, 0.2) is 12.6 Å². The van der Waals surface area contributed by atoms with Crippen molar-refractivity contribution in [3.63, 3.8) is 0 Å². The minimum Gasteiger partial charge on any atom is -0.388 e. The predicted molar refractivity (Wildman–Crippen MR) is 183 cm³/mol. The van der Waals surface area contributed by atoms with Crippen molar-refractivity contribution in [1.82, 2.24) is 0 Å². The molecule has 14 atom stereocenters. The quantitative estimate of drug-likeness (QED) is 0.189. The zero-order valence-corrected chi connectivity index (χ0v) is 31.3. The second kappa shape index (κ2) is 21.2. The van der Waals surface area contributed by atoms with Crippen LogP contribution in [0.5, 0.6) is 0 Å². The van der Waals surface area contributed by atoms with Crippen molar-refractivity contribution in [1.29, 1.82) is 0 Å². The fraction of sp³-hybridized carbons (Fsp3) is 1.00. The molecule has 0 unspecified atom stereocenters. The predicted octanol–water partition coefficient (Wildman–Crippen LogP) is 4.99. The summed E-state index contributed by atoms with van der Waals surface area (Å²) < 4.78 is 47.1. The summed E-state index contributed by atoms with van der Waals surface area (Å²) in [6.07, 6.45) is 2.61. The van der Waals surface area contributed by atoms with E-state index < -0.39 is 36.8 Å². The van der Waals surface area contributed by atoms with Crippen LogP contribution in [0.2, 0.25) is 0 Å². The highest BCUT2D eigenvalue weighted by atomic mass is 16.7. The van der Waals surface area contributed by atoms with Gasteiger partial charge < -0.3 is 53.2 Å². The number of fused-ring (bicyclic) bond motifs is 2. The van der Waals surface area contributed by atoms with Crippen molar-refractivity contribution in [2.45, 2.75) is 193 Å². The van der Waals surface area contributed by atoms with E-state index in [4.69, 9.17) is 37.9 Å². The highest BCUT2D eigenvalue weighted by molar-refractivity contribution is 4.97. The van der Waals surface area contributed by atoms with Gasteiger partial charge in [-0.15, -0.1) is 0 Å². The third-order valence-corrected chi connectivity index (χ3v) is 10.0. The number of unbranched alkanes of at least 4 members (excludes halogenated alkanes) is 2. The molecule has 0 spiro atoms. The van der Waals surface area contributed by atoms with E-state index in [1.807, 2.05) is 13.8 Å². The Morgan fingerprint density at radius 2 is 1.12 bits per heavy atom. The smallest absolute Gasteiger partial charge is 0.158 e. The first-order valence-corrected chi connectivity index (χ1v) is 19.0. The minimum atomic E-state index is -1.23. The summed E-state index contributed by atoms with van der Waals surface area (Å²) in [5.41, 5.74) is 0. The molecule has 0 saturated carbocycles. The van der Waals surface area contributed by atoms with E-state index in [0.29, 0.717) is 37.2 Å². The Bertz CT molecular complexity index is 789. The highest BCUT2D eigenvalue weighted by Crippen LogP contribution is 2.41. The first kappa shape index (κ1) is 42.0. The van der Waals surface area contributed by atoms with Gasteiger partial charge in [-0.05, 0) is 65.2 Å². The van der Waals surface area contributed by atoms with Crippen LogP contribution in [-0.2, 0) is 37.9 Å². The van der Waals surface area contributed by atoms with Gasteiger partial charge in [-0.2, -0.15) is 0 Å². The lowest BCUT2D eigenvalue weighted by atomic mass is 9.76. The number of aliphatic hydroxyl groups excluding tert-OH is 3. The molecule has 4 aliphatic rings. The summed E-state index contributed by atoms with van der Waals surface area (Å²) in [7, 11) is 0. The molecule has 0 aromatic heterocycles. The van der Waals surface area contributed by atoms with Gasteiger partial charge in [0, 0.05) is 32.0 Å². The molecule has 4 heterocycles. The number of rotatable bonds is 16. The Kier molecular flexibility index (Phi) is 18.5. The van der Waals surface area contributed by atoms with Crippen molar-refractivity contribution in [3.05, 3.63) is 0 Å². The Labute approximate surface area is 290 Å². The summed E-state index contributed by atoms with van der Waals surface area (Å²) in [4.78, 5) is 0. The molecule has 4 saturated heterocycles. The van der Waals surface area contributed by atoms with E-state index in [2.05, 4.69) is 48.5 Å². The fourth-order valence-electron chi connectivity index (χ4n) is 7.17. The van der Waals surface area contributed by atoms with Crippen LogP contribution in [0, 0.1) is 17.8 Å². The molecule has 0 aromatic carbocycles. The molecule has 4 aliphatic heterocycles. The van der Waals surface area contributed by atoms with Crippen molar-refractivity contribution in [2.24, 2.45) is 17.8 Å². The normalized spacial score (nSPS) is 38.1. The van der Waals surface area contributed by atoms with E-state index in [9.17, 15) is 15.3 Å². The second-order valence-corrected chi connectivity index (χ2v) is 15.0. The molecule has 0 aliphatic carbocycles. The minimum absolute atomic E-state index is 0.0213. The summed E-state index contributed by atoms with van der Waals surface area (Å²) in [6, 6.07) is 0. The zero-order chi connectivity index (χ0) is 35.4. The van der Waals surface area contributed by atoms with Gasteiger partial charge >= 0.3 is 0 Å². The maximum Gasteiger partial charge on any atom is 0.158 e. The summed E-state index contributed by atoms with van der Waals surface area (Å²) >= 11 is 0. The molecule has 0 amide bonds. The third-order valence-electron chi connectivity index (χ3n) is 10.0. The molecule has 0 bridgehead atoms. The zero-order valence-electron chi connectivity index (χ0n) is 31.3. The molecule has 4 rings (SSSR count). The average molecular weight is 691 g/mol. The van der Waals surface area contributed by atoms with Crippen LogP contribution in [-0.4, -0.2) is 121 Å². The monoisotopic (exact) mass is 690 g/mol. The largest absolute Gasteiger partial charge is 0.388 e. The second-order valence-electron chi connectivity index (χ2n) is 15.0.